The monoisotopic (exact) mass is 549 g/mol. The van der Waals surface area contributed by atoms with Crippen molar-refractivity contribution in [1.29, 1.82) is 0 Å². The third-order valence-corrected chi connectivity index (χ3v) is 7.12. The molecule has 11 heteroatoms. The summed E-state index contributed by atoms with van der Waals surface area (Å²) in [6, 6.07) is 33.9. The van der Waals surface area contributed by atoms with E-state index in [1.54, 1.807) is 12.1 Å². The van der Waals surface area contributed by atoms with Crippen molar-refractivity contribution in [2.24, 2.45) is 5.14 Å². The SMILES string of the molecule is NS(=O)(=O)c1ccc(-n2nc(Nc3ccccc3)c3c(=O)n(-c4ccccc4)c(Nc4ccccc4)nc32)cc1. The fourth-order valence-electron chi connectivity index (χ4n) is 4.32. The van der Waals surface area contributed by atoms with E-state index in [9.17, 15) is 13.2 Å². The topological polar surface area (TPSA) is 137 Å². The lowest BCUT2D eigenvalue weighted by Gasteiger charge is -2.15. The van der Waals surface area contributed by atoms with Crippen LogP contribution < -0.4 is 21.3 Å². The Hall–Kier alpha value is -5.26. The van der Waals surface area contributed by atoms with Crippen molar-refractivity contribution >= 4 is 44.2 Å². The molecule has 0 unspecified atom stereocenters. The van der Waals surface area contributed by atoms with Gasteiger partial charge in [0.05, 0.1) is 16.3 Å². The Morgan fingerprint density at radius 2 is 1.23 bits per heavy atom. The third-order valence-electron chi connectivity index (χ3n) is 6.19. The molecule has 4 aromatic carbocycles. The molecule has 2 aromatic heterocycles. The molecule has 6 aromatic rings. The number of para-hydroxylation sites is 3. The van der Waals surface area contributed by atoms with Crippen molar-refractivity contribution < 1.29 is 8.42 Å². The van der Waals surface area contributed by atoms with Crippen LogP contribution in [0.4, 0.5) is 23.1 Å². The molecule has 0 saturated heterocycles. The number of sulfonamides is 1. The van der Waals surface area contributed by atoms with E-state index in [-0.39, 0.29) is 27.4 Å². The van der Waals surface area contributed by atoms with Crippen molar-refractivity contribution in [1.82, 2.24) is 19.3 Å². The normalized spacial score (nSPS) is 11.4. The van der Waals surface area contributed by atoms with E-state index in [0.29, 0.717) is 17.2 Å². The van der Waals surface area contributed by atoms with Crippen LogP contribution in [0, 0.1) is 0 Å². The maximum absolute atomic E-state index is 14.3. The Morgan fingerprint density at radius 3 is 1.80 bits per heavy atom. The minimum absolute atomic E-state index is 0.0406. The number of aromatic nitrogens is 4. The summed E-state index contributed by atoms with van der Waals surface area (Å²) in [5.41, 5.74) is 2.52. The number of nitrogens with zero attached hydrogens (tertiary/aromatic N) is 4. The summed E-state index contributed by atoms with van der Waals surface area (Å²) in [5.74, 6) is 0.577. The molecule has 0 bridgehead atoms. The van der Waals surface area contributed by atoms with Gasteiger partial charge in [-0.2, -0.15) is 4.98 Å². The molecule has 10 nitrogen and oxygen atoms in total. The van der Waals surface area contributed by atoms with Crippen LogP contribution in [0.5, 0.6) is 0 Å². The van der Waals surface area contributed by atoms with Crippen LogP contribution in [0.3, 0.4) is 0 Å². The number of fused-ring (bicyclic) bond motifs is 1. The van der Waals surface area contributed by atoms with Crippen LogP contribution in [-0.4, -0.2) is 27.7 Å². The van der Waals surface area contributed by atoms with Crippen LogP contribution in [0.15, 0.2) is 125 Å². The van der Waals surface area contributed by atoms with Gasteiger partial charge in [0.1, 0.15) is 5.39 Å². The summed E-state index contributed by atoms with van der Waals surface area (Å²) in [5, 5.41) is 16.8. The van der Waals surface area contributed by atoms with Gasteiger partial charge >= 0.3 is 0 Å². The van der Waals surface area contributed by atoms with Gasteiger partial charge < -0.3 is 10.6 Å². The molecular formula is C29H23N7O3S. The van der Waals surface area contributed by atoms with Crippen LogP contribution in [0.1, 0.15) is 0 Å². The second kappa shape index (κ2) is 10.1. The minimum Gasteiger partial charge on any atom is -0.338 e. The third kappa shape index (κ3) is 4.82. The lowest BCUT2D eigenvalue weighted by atomic mass is 10.2. The molecule has 0 aliphatic carbocycles. The molecule has 4 N–H and O–H groups in total. The van der Waals surface area contributed by atoms with E-state index in [0.717, 1.165) is 11.4 Å². The maximum atomic E-state index is 14.3. The lowest BCUT2D eigenvalue weighted by Crippen LogP contribution is -2.23. The molecule has 0 saturated carbocycles. The van der Waals surface area contributed by atoms with E-state index in [1.807, 2.05) is 91.0 Å². The van der Waals surface area contributed by atoms with Crippen molar-refractivity contribution in [3.05, 3.63) is 126 Å². The van der Waals surface area contributed by atoms with Crippen molar-refractivity contribution in [3.8, 4) is 11.4 Å². The molecule has 0 radical (unpaired) electrons. The van der Waals surface area contributed by atoms with Gasteiger partial charge in [-0.25, -0.2) is 22.8 Å². The Kier molecular flexibility index (Phi) is 6.34. The van der Waals surface area contributed by atoms with Gasteiger partial charge in [0, 0.05) is 11.4 Å². The highest BCUT2D eigenvalue weighted by Crippen LogP contribution is 2.28. The van der Waals surface area contributed by atoms with E-state index < -0.39 is 10.0 Å². The van der Waals surface area contributed by atoms with Crippen molar-refractivity contribution in [2.45, 2.75) is 4.90 Å². The molecule has 40 heavy (non-hydrogen) atoms. The standard InChI is InChI=1S/C29H23N7O3S/c30-40(38,39)24-18-16-23(17-19-24)36-27-25(26(34-36)31-20-10-4-1-5-11-20)28(37)35(22-14-8-3-9-15-22)29(33-27)32-21-12-6-2-7-13-21/h1-19H,(H,31,34)(H,32,33)(H2,30,38,39). The average molecular weight is 550 g/mol. The first kappa shape index (κ1) is 25.0. The number of anilines is 4. The number of rotatable bonds is 7. The number of benzene rings is 4. The highest BCUT2D eigenvalue weighted by molar-refractivity contribution is 7.89. The summed E-state index contributed by atoms with van der Waals surface area (Å²) in [4.78, 5) is 19.1. The van der Waals surface area contributed by atoms with Gasteiger partial charge in [0.25, 0.3) is 5.56 Å². The average Bonchev–Trinajstić information content (AvgIpc) is 3.32. The van der Waals surface area contributed by atoms with E-state index in [4.69, 9.17) is 15.2 Å². The Labute approximate surface area is 229 Å². The largest absolute Gasteiger partial charge is 0.338 e. The van der Waals surface area contributed by atoms with E-state index in [2.05, 4.69) is 10.6 Å². The predicted octanol–water partition coefficient (Wildman–Crippen LogP) is 4.71. The lowest BCUT2D eigenvalue weighted by molar-refractivity contribution is 0.598. The highest BCUT2D eigenvalue weighted by Gasteiger charge is 2.23. The molecule has 0 spiro atoms. The summed E-state index contributed by atoms with van der Waals surface area (Å²) in [7, 11) is -3.89. The molecule has 198 valence electrons. The van der Waals surface area contributed by atoms with Crippen LogP contribution >= 0.6 is 0 Å². The minimum atomic E-state index is -3.89. The fourth-order valence-corrected chi connectivity index (χ4v) is 4.84. The van der Waals surface area contributed by atoms with Gasteiger partial charge in [0.2, 0.25) is 16.0 Å². The zero-order chi connectivity index (χ0) is 27.7. The summed E-state index contributed by atoms with van der Waals surface area (Å²) in [6.45, 7) is 0. The Morgan fingerprint density at radius 1 is 0.675 bits per heavy atom. The smallest absolute Gasteiger partial charge is 0.272 e. The summed E-state index contributed by atoms with van der Waals surface area (Å²) in [6.07, 6.45) is 0. The first-order chi connectivity index (χ1) is 19.4. The Bertz CT molecular complexity index is 1970. The van der Waals surface area contributed by atoms with Gasteiger partial charge in [0.15, 0.2) is 11.5 Å². The fraction of sp³-hybridized carbons (Fsp3) is 0. The number of hydrogen-bond donors (Lipinski definition) is 3. The predicted molar refractivity (Wildman–Crippen MR) is 155 cm³/mol. The molecular weight excluding hydrogens is 526 g/mol. The molecule has 0 aliphatic heterocycles. The first-order valence-corrected chi connectivity index (χ1v) is 13.8. The zero-order valence-corrected chi connectivity index (χ0v) is 21.8. The molecule has 0 fully saturated rings. The number of primary sulfonamides is 1. The van der Waals surface area contributed by atoms with Crippen molar-refractivity contribution in [3.63, 3.8) is 0 Å². The molecule has 0 aliphatic rings. The molecule has 0 amide bonds. The quantitative estimate of drug-likeness (QED) is 0.262. The van der Waals surface area contributed by atoms with Crippen LogP contribution in [0.25, 0.3) is 22.4 Å². The summed E-state index contributed by atoms with van der Waals surface area (Å²) >= 11 is 0. The number of nitrogens with two attached hydrogens (primary N) is 1. The molecule has 6 rings (SSSR count). The zero-order valence-electron chi connectivity index (χ0n) is 21.0. The second-order valence-corrected chi connectivity index (χ2v) is 10.5. The number of nitrogens with one attached hydrogen (secondary N) is 2. The van der Waals surface area contributed by atoms with E-state index >= 15 is 0 Å². The molecule has 2 heterocycles. The summed E-state index contributed by atoms with van der Waals surface area (Å²) < 4.78 is 26.6. The van der Waals surface area contributed by atoms with Crippen LogP contribution in [0.2, 0.25) is 0 Å². The first-order valence-electron chi connectivity index (χ1n) is 12.3. The van der Waals surface area contributed by atoms with E-state index in [1.165, 1.54) is 21.4 Å². The number of hydrogen-bond acceptors (Lipinski definition) is 7. The Balaban J connectivity index is 1.63. The maximum Gasteiger partial charge on any atom is 0.272 e. The van der Waals surface area contributed by atoms with Crippen LogP contribution in [-0.2, 0) is 10.0 Å². The second-order valence-electron chi connectivity index (χ2n) is 8.89. The van der Waals surface area contributed by atoms with Gasteiger partial charge in [-0.05, 0) is 60.7 Å². The van der Waals surface area contributed by atoms with Crippen molar-refractivity contribution in [2.75, 3.05) is 10.6 Å². The van der Waals surface area contributed by atoms with Gasteiger partial charge in [-0.3, -0.25) is 4.79 Å². The van der Waals surface area contributed by atoms with Gasteiger partial charge in [-0.1, -0.05) is 54.6 Å². The van der Waals surface area contributed by atoms with Gasteiger partial charge in [-0.15, -0.1) is 5.10 Å². The highest BCUT2D eigenvalue weighted by atomic mass is 32.2. The molecule has 0 atom stereocenters.